The summed E-state index contributed by atoms with van der Waals surface area (Å²) >= 11 is 0. The van der Waals surface area contributed by atoms with Crippen molar-refractivity contribution in [3.05, 3.63) is 23.3 Å². The van der Waals surface area contributed by atoms with Gasteiger partial charge in [-0.3, -0.25) is 9.59 Å². The average Bonchev–Trinajstić information content (AvgIpc) is 3.63. The third kappa shape index (κ3) is 4.80. The summed E-state index contributed by atoms with van der Waals surface area (Å²) in [6.07, 6.45) is 12.0. The van der Waals surface area contributed by atoms with E-state index in [4.69, 9.17) is 18.9 Å². The number of hydrogen-bond donors (Lipinski definition) is 1. The molecule has 4 saturated heterocycles. The second kappa shape index (κ2) is 9.49. The second-order valence-electron chi connectivity index (χ2n) is 13.0. The van der Waals surface area contributed by atoms with Gasteiger partial charge in [-0.05, 0) is 79.1 Å². The van der Waals surface area contributed by atoms with Gasteiger partial charge in [0.05, 0.1) is 23.0 Å². The van der Waals surface area contributed by atoms with Gasteiger partial charge in [0.15, 0.2) is 0 Å². The number of rotatable bonds is 4. The van der Waals surface area contributed by atoms with Crippen molar-refractivity contribution in [2.75, 3.05) is 13.1 Å². The van der Waals surface area contributed by atoms with Gasteiger partial charge in [0.1, 0.15) is 24.4 Å². The molecule has 0 saturated carbocycles. The Morgan fingerprint density at radius 3 is 1.65 bits per heavy atom. The van der Waals surface area contributed by atoms with E-state index in [9.17, 15) is 9.59 Å². The maximum Gasteiger partial charge on any atom is 0.311 e. The summed E-state index contributed by atoms with van der Waals surface area (Å²) < 4.78 is 24.1. The molecular formula is C30H43NO6. The second-order valence-corrected chi connectivity index (χ2v) is 13.0. The highest BCUT2D eigenvalue weighted by molar-refractivity contribution is 5.76. The number of esters is 2. The van der Waals surface area contributed by atoms with Crippen LogP contribution in [0.2, 0.25) is 0 Å². The molecule has 7 nitrogen and oxygen atoms in total. The van der Waals surface area contributed by atoms with E-state index < -0.39 is 0 Å². The van der Waals surface area contributed by atoms with Crippen molar-refractivity contribution in [1.29, 1.82) is 0 Å². The molecule has 0 radical (unpaired) electrons. The van der Waals surface area contributed by atoms with E-state index in [1.165, 1.54) is 11.1 Å². The fraction of sp³-hybridized carbons (Fsp3) is 0.800. The van der Waals surface area contributed by atoms with Crippen molar-refractivity contribution < 1.29 is 28.5 Å². The van der Waals surface area contributed by atoms with Crippen LogP contribution in [0.5, 0.6) is 0 Å². The topological polar surface area (TPSA) is 89.7 Å². The summed E-state index contributed by atoms with van der Waals surface area (Å²) in [7, 11) is 0. The SMILES string of the molecule is CC1=CCC[C@@]2(C)O[C@@H]2[C@H]2OC(=O)[C@@H](CNC[C@@H]3C(=O)O[C@H]4C3CCC(C)=CCC[C@@]3(C)O[C@H]43)C2CC1. The van der Waals surface area contributed by atoms with Crippen LogP contribution in [0.4, 0.5) is 0 Å². The molecule has 4 fully saturated rings. The molecule has 4 heterocycles. The van der Waals surface area contributed by atoms with Gasteiger partial charge in [0.2, 0.25) is 0 Å². The maximum atomic E-state index is 13.0. The van der Waals surface area contributed by atoms with E-state index in [0.717, 1.165) is 51.4 Å². The number of nitrogens with one attached hydrogen (secondary N) is 1. The lowest BCUT2D eigenvalue weighted by molar-refractivity contribution is -0.145. The lowest BCUT2D eigenvalue weighted by atomic mass is 9.80. The number of fused-ring (bicyclic) bond motifs is 6. The lowest BCUT2D eigenvalue weighted by Crippen LogP contribution is -2.38. The molecule has 4 aliphatic heterocycles. The van der Waals surface area contributed by atoms with Crippen LogP contribution in [-0.4, -0.2) is 60.6 Å². The summed E-state index contributed by atoms with van der Waals surface area (Å²) in [4.78, 5) is 26.1. The van der Waals surface area contributed by atoms with Gasteiger partial charge in [0, 0.05) is 24.9 Å². The fourth-order valence-electron chi connectivity index (χ4n) is 7.54. The Labute approximate surface area is 220 Å². The van der Waals surface area contributed by atoms with E-state index in [0.29, 0.717) is 13.1 Å². The van der Waals surface area contributed by atoms with Crippen molar-refractivity contribution in [2.24, 2.45) is 23.7 Å². The van der Waals surface area contributed by atoms with Crippen LogP contribution in [0.3, 0.4) is 0 Å². The van der Waals surface area contributed by atoms with Crippen molar-refractivity contribution in [1.82, 2.24) is 5.32 Å². The van der Waals surface area contributed by atoms with Crippen LogP contribution >= 0.6 is 0 Å². The first-order valence-electron chi connectivity index (χ1n) is 14.5. The molecule has 1 N–H and O–H groups in total. The quantitative estimate of drug-likeness (QED) is 0.342. The Morgan fingerprint density at radius 1 is 0.784 bits per heavy atom. The van der Waals surface area contributed by atoms with E-state index >= 15 is 0 Å². The van der Waals surface area contributed by atoms with Crippen LogP contribution < -0.4 is 5.32 Å². The molecule has 6 rings (SSSR count). The van der Waals surface area contributed by atoms with Gasteiger partial charge < -0.3 is 24.3 Å². The third-order valence-corrected chi connectivity index (χ3v) is 10.2. The van der Waals surface area contributed by atoms with Gasteiger partial charge >= 0.3 is 11.9 Å². The molecule has 0 aromatic heterocycles. The number of carbonyl (C=O) groups is 2. The van der Waals surface area contributed by atoms with Gasteiger partial charge in [-0.2, -0.15) is 0 Å². The first-order chi connectivity index (χ1) is 17.7. The number of epoxide rings is 2. The molecule has 37 heavy (non-hydrogen) atoms. The van der Waals surface area contributed by atoms with Crippen molar-refractivity contribution in [3.63, 3.8) is 0 Å². The minimum atomic E-state index is -0.219. The largest absolute Gasteiger partial charge is 0.459 e. The molecule has 204 valence electrons. The highest BCUT2D eigenvalue weighted by atomic mass is 16.7. The monoisotopic (exact) mass is 513 g/mol. The summed E-state index contributed by atoms with van der Waals surface area (Å²) in [6.45, 7) is 9.69. The Bertz CT molecular complexity index is 928. The van der Waals surface area contributed by atoms with E-state index in [-0.39, 0.29) is 71.2 Å². The minimum absolute atomic E-state index is 0.00379. The van der Waals surface area contributed by atoms with Crippen LogP contribution in [0.15, 0.2) is 23.3 Å². The summed E-state index contributed by atoms with van der Waals surface area (Å²) in [5.74, 6) is -0.451. The van der Waals surface area contributed by atoms with Gasteiger partial charge in [-0.1, -0.05) is 23.3 Å². The fourth-order valence-corrected chi connectivity index (χ4v) is 7.54. The average molecular weight is 514 g/mol. The number of carbonyl (C=O) groups excluding carboxylic acids is 2. The molecule has 0 amide bonds. The van der Waals surface area contributed by atoms with Gasteiger partial charge in [-0.15, -0.1) is 0 Å². The third-order valence-electron chi connectivity index (χ3n) is 10.2. The molecule has 0 bridgehead atoms. The molecule has 10 atom stereocenters. The highest BCUT2D eigenvalue weighted by Crippen LogP contribution is 2.51. The van der Waals surface area contributed by atoms with Crippen molar-refractivity contribution in [3.8, 4) is 0 Å². The molecule has 0 spiro atoms. The molecule has 0 aromatic rings. The maximum absolute atomic E-state index is 13.0. The predicted octanol–water partition coefficient (Wildman–Crippen LogP) is 4.25. The number of allylic oxidation sites excluding steroid dienone is 4. The Balaban J connectivity index is 1.12. The molecule has 6 aliphatic rings. The molecular weight excluding hydrogens is 470 g/mol. The Hall–Kier alpha value is -1.70. The first-order valence-corrected chi connectivity index (χ1v) is 14.5. The van der Waals surface area contributed by atoms with Gasteiger partial charge in [-0.25, -0.2) is 0 Å². The van der Waals surface area contributed by atoms with E-state index in [1.54, 1.807) is 0 Å². The van der Waals surface area contributed by atoms with Crippen molar-refractivity contribution >= 4 is 11.9 Å². The zero-order valence-corrected chi connectivity index (χ0v) is 22.8. The summed E-state index contributed by atoms with van der Waals surface area (Å²) in [5.41, 5.74) is 2.37. The van der Waals surface area contributed by atoms with Crippen LogP contribution in [0.25, 0.3) is 0 Å². The van der Waals surface area contributed by atoms with E-state index in [1.807, 2.05) is 0 Å². The van der Waals surface area contributed by atoms with Crippen LogP contribution in [0, 0.1) is 23.7 Å². The standard InChI is InChI=1S/C30H43NO6/c1-17-7-5-13-29(3)25(36-29)23-19(11-9-17)21(27(32)34-23)15-31-16-22-20-12-10-18(2)8-6-14-30(4)26(37-30)24(20)35-28(22)33/h7-8,19-26,31H,5-6,9-16H2,1-4H3/t19?,20?,21-,22-,23-,24-,25+,26+,29+,30+/m0/s1. The Morgan fingerprint density at radius 2 is 1.22 bits per heavy atom. The number of ether oxygens (including phenoxy) is 4. The Kier molecular flexibility index (Phi) is 6.56. The normalized spacial score (nSPS) is 47.2. The van der Waals surface area contributed by atoms with Gasteiger partial charge in [0.25, 0.3) is 0 Å². The highest BCUT2D eigenvalue weighted by Gasteiger charge is 2.64. The zero-order chi connectivity index (χ0) is 25.9. The molecule has 2 aliphatic carbocycles. The van der Waals surface area contributed by atoms with E-state index in [2.05, 4.69) is 45.2 Å². The first kappa shape index (κ1) is 25.6. The number of hydrogen-bond acceptors (Lipinski definition) is 7. The van der Waals surface area contributed by atoms with Crippen molar-refractivity contribution in [2.45, 2.75) is 115 Å². The smallest absolute Gasteiger partial charge is 0.311 e. The molecule has 0 aromatic carbocycles. The van der Waals surface area contributed by atoms with Crippen LogP contribution in [-0.2, 0) is 28.5 Å². The summed E-state index contributed by atoms with van der Waals surface area (Å²) in [5, 5.41) is 3.51. The lowest BCUT2D eigenvalue weighted by Gasteiger charge is -2.24. The molecule has 7 heteroatoms. The molecule has 2 unspecified atom stereocenters. The van der Waals surface area contributed by atoms with Crippen LogP contribution in [0.1, 0.15) is 79.1 Å². The zero-order valence-electron chi connectivity index (χ0n) is 22.8. The predicted molar refractivity (Wildman–Crippen MR) is 138 cm³/mol. The summed E-state index contributed by atoms with van der Waals surface area (Å²) in [6, 6.07) is 0. The minimum Gasteiger partial charge on any atom is -0.459 e.